The van der Waals surface area contributed by atoms with Gasteiger partial charge in [0.25, 0.3) is 0 Å². The molecular weight excluding hydrogens is 288 g/mol. The Bertz CT molecular complexity index is 424. The molecule has 1 aliphatic heterocycles. The quantitative estimate of drug-likeness (QED) is 0.548. The first-order valence-corrected chi connectivity index (χ1v) is 7.75. The summed E-state index contributed by atoms with van der Waals surface area (Å²) in [6, 6.07) is -0.253. The van der Waals surface area contributed by atoms with Gasteiger partial charge in [-0.1, -0.05) is 13.8 Å². The monoisotopic (exact) mass is 314 g/mol. The van der Waals surface area contributed by atoms with Crippen LogP contribution in [0.25, 0.3) is 0 Å². The van der Waals surface area contributed by atoms with E-state index in [1.807, 2.05) is 13.8 Å². The number of carboxylic acid groups (broad SMARTS) is 1. The van der Waals surface area contributed by atoms with Gasteiger partial charge >= 0.3 is 18.0 Å². The number of nitrogens with one attached hydrogen (secondary N) is 1. The Morgan fingerprint density at radius 1 is 1.36 bits per heavy atom. The fourth-order valence-electron chi connectivity index (χ4n) is 2.70. The molecule has 126 valence electrons. The van der Waals surface area contributed by atoms with E-state index in [0.717, 1.165) is 0 Å². The lowest BCUT2D eigenvalue weighted by atomic mass is 9.76. The van der Waals surface area contributed by atoms with Gasteiger partial charge in [0.05, 0.1) is 12.0 Å². The number of hydrogen-bond acceptors (Lipinski definition) is 4. The zero-order chi connectivity index (χ0) is 16.8. The molecule has 1 rings (SSSR count). The van der Waals surface area contributed by atoms with Gasteiger partial charge in [-0.3, -0.25) is 9.59 Å². The summed E-state index contributed by atoms with van der Waals surface area (Å²) in [5.74, 6) is -1.04. The van der Waals surface area contributed by atoms with E-state index in [1.54, 1.807) is 11.8 Å². The zero-order valence-corrected chi connectivity index (χ0v) is 13.6. The van der Waals surface area contributed by atoms with Crippen LogP contribution in [0.4, 0.5) is 4.79 Å². The summed E-state index contributed by atoms with van der Waals surface area (Å²) >= 11 is 0. The summed E-state index contributed by atoms with van der Waals surface area (Å²) in [5.41, 5.74) is -0.644. The van der Waals surface area contributed by atoms with Crippen LogP contribution in [-0.2, 0) is 14.3 Å². The van der Waals surface area contributed by atoms with Crippen LogP contribution in [0, 0.1) is 11.3 Å². The van der Waals surface area contributed by atoms with Crippen LogP contribution >= 0.6 is 0 Å². The van der Waals surface area contributed by atoms with E-state index in [2.05, 4.69) is 5.32 Å². The Morgan fingerprint density at radius 2 is 2.05 bits per heavy atom. The second-order valence-corrected chi connectivity index (χ2v) is 5.93. The second kappa shape index (κ2) is 8.00. The number of carboxylic acids is 1. The van der Waals surface area contributed by atoms with Gasteiger partial charge in [0.1, 0.15) is 0 Å². The largest absolute Gasteiger partial charge is 0.481 e. The van der Waals surface area contributed by atoms with E-state index in [-0.39, 0.29) is 24.3 Å². The van der Waals surface area contributed by atoms with Crippen LogP contribution < -0.4 is 5.32 Å². The summed E-state index contributed by atoms with van der Waals surface area (Å²) in [4.78, 5) is 36.4. The van der Waals surface area contributed by atoms with Crippen molar-refractivity contribution in [2.45, 2.75) is 40.0 Å². The fourth-order valence-corrected chi connectivity index (χ4v) is 2.70. The van der Waals surface area contributed by atoms with E-state index in [0.29, 0.717) is 39.1 Å². The number of hydrogen-bond donors (Lipinski definition) is 2. The first-order valence-electron chi connectivity index (χ1n) is 7.75. The lowest BCUT2D eigenvalue weighted by Crippen LogP contribution is -2.44. The van der Waals surface area contributed by atoms with Crippen LogP contribution in [-0.4, -0.2) is 54.2 Å². The molecule has 1 saturated heterocycles. The second-order valence-electron chi connectivity index (χ2n) is 5.93. The zero-order valence-electron chi connectivity index (χ0n) is 13.6. The molecule has 7 heteroatoms. The lowest BCUT2D eigenvalue weighted by Gasteiger charge is -2.30. The van der Waals surface area contributed by atoms with Crippen molar-refractivity contribution in [3.8, 4) is 0 Å². The molecule has 7 nitrogen and oxygen atoms in total. The molecule has 0 radical (unpaired) electrons. The average molecular weight is 314 g/mol. The third kappa shape index (κ3) is 4.35. The summed E-state index contributed by atoms with van der Waals surface area (Å²) < 4.78 is 5.18. The van der Waals surface area contributed by atoms with Crippen molar-refractivity contribution in [1.29, 1.82) is 0 Å². The fraction of sp³-hybridized carbons (Fsp3) is 0.800. The highest BCUT2D eigenvalue weighted by Gasteiger charge is 2.49. The minimum Gasteiger partial charge on any atom is -0.481 e. The molecule has 0 spiro atoms. The van der Waals surface area contributed by atoms with Crippen molar-refractivity contribution in [2.75, 3.05) is 26.2 Å². The summed E-state index contributed by atoms with van der Waals surface area (Å²) in [6.45, 7) is 7.19. The lowest BCUT2D eigenvalue weighted by molar-refractivity contribution is -0.157. The number of rotatable bonds is 7. The van der Waals surface area contributed by atoms with Crippen LogP contribution in [0.5, 0.6) is 0 Å². The molecule has 0 bridgehead atoms. The van der Waals surface area contributed by atoms with Crippen molar-refractivity contribution < 1.29 is 24.2 Å². The van der Waals surface area contributed by atoms with E-state index in [4.69, 9.17) is 9.84 Å². The number of esters is 1. The van der Waals surface area contributed by atoms with Gasteiger partial charge in [0.15, 0.2) is 0 Å². The van der Waals surface area contributed by atoms with Crippen LogP contribution in [0.1, 0.15) is 40.0 Å². The van der Waals surface area contributed by atoms with Gasteiger partial charge in [-0.25, -0.2) is 4.79 Å². The predicted octanol–water partition coefficient (Wildman–Crippen LogP) is 1.47. The van der Waals surface area contributed by atoms with E-state index in [9.17, 15) is 14.4 Å². The van der Waals surface area contributed by atoms with Crippen LogP contribution in [0.3, 0.4) is 0 Å². The molecule has 0 aliphatic carbocycles. The number of nitrogens with zero attached hydrogens (tertiary/aromatic N) is 1. The summed E-state index contributed by atoms with van der Waals surface area (Å²) in [7, 11) is 0. The minimum absolute atomic E-state index is 0.0268. The van der Waals surface area contributed by atoms with Crippen molar-refractivity contribution in [3.05, 3.63) is 0 Å². The van der Waals surface area contributed by atoms with Crippen molar-refractivity contribution in [2.24, 2.45) is 11.3 Å². The first kappa shape index (κ1) is 18.3. The minimum atomic E-state index is -0.878. The Labute approximate surface area is 131 Å². The van der Waals surface area contributed by atoms with Gasteiger partial charge in [-0.15, -0.1) is 0 Å². The molecular formula is C15H26N2O5. The average Bonchev–Trinajstić information content (AvgIpc) is 2.90. The Kier molecular flexibility index (Phi) is 6.64. The Morgan fingerprint density at radius 3 is 2.59 bits per heavy atom. The van der Waals surface area contributed by atoms with Crippen LogP contribution in [0.15, 0.2) is 0 Å². The molecule has 22 heavy (non-hydrogen) atoms. The number of amides is 2. The number of likely N-dealkylation sites (tertiary alicyclic amines) is 1. The smallest absolute Gasteiger partial charge is 0.317 e. The maximum absolute atomic E-state index is 12.3. The van der Waals surface area contributed by atoms with Crippen LogP contribution in [0.2, 0.25) is 0 Å². The van der Waals surface area contributed by atoms with Gasteiger partial charge in [0, 0.05) is 26.1 Å². The van der Waals surface area contributed by atoms with E-state index >= 15 is 0 Å². The van der Waals surface area contributed by atoms with Crippen molar-refractivity contribution >= 4 is 18.0 Å². The third-order valence-corrected chi connectivity index (χ3v) is 4.22. The number of carbonyl (C=O) groups excluding carboxylic acids is 2. The first-order chi connectivity index (χ1) is 10.3. The molecule has 1 unspecified atom stereocenters. The molecule has 1 aliphatic rings. The highest BCUT2D eigenvalue weighted by Crippen LogP contribution is 2.39. The van der Waals surface area contributed by atoms with Gasteiger partial charge < -0.3 is 20.1 Å². The SMILES string of the molecule is CCOC(=O)C1(C(C)C)CCN(C(=O)NCCCC(=O)O)C1. The number of carbonyl (C=O) groups is 3. The van der Waals surface area contributed by atoms with E-state index < -0.39 is 11.4 Å². The molecule has 1 atom stereocenters. The third-order valence-electron chi connectivity index (χ3n) is 4.22. The maximum Gasteiger partial charge on any atom is 0.317 e. The van der Waals surface area contributed by atoms with Gasteiger partial charge in [0.2, 0.25) is 0 Å². The van der Waals surface area contributed by atoms with Gasteiger partial charge in [-0.05, 0) is 25.7 Å². The van der Waals surface area contributed by atoms with Crippen molar-refractivity contribution in [3.63, 3.8) is 0 Å². The molecule has 2 amide bonds. The normalized spacial score (nSPS) is 21.0. The molecule has 0 aromatic heterocycles. The number of aliphatic carboxylic acids is 1. The van der Waals surface area contributed by atoms with Gasteiger partial charge in [-0.2, -0.15) is 0 Å². The highest BCUT2D eigenvalue weighted by atomic mass is 16.5. The van der Waals surface area contributed by atoms with E-state index in [1.165, 1.54) is 0 Å². The Hall–Kier alpha value is -1.79. The number of ether oxygens (including phenoxy) is 1. The molecule has 0 aromatic carbocycles. The number of urea groups is 1. The summed E-state index contributed by atoms with van der Waals surface area (Å²) in [5, 5.41) is 11.3. The standard InChI is InChI=1S/C15H26N2O5/c1-4-22-13(20)15(11(2)3)7-9-17(10-15)14(21)16-8-5-6-12(18)19/h11H,4-10H2,1-3H3,(H,16,21)(H,18,19). The molecule has 2 N–H and O–H groups in total. The molecule has 0 aromatic rings. The Balaban J connectivity index is 2.56. The highest BCUT2D eigenvalue weighted by molar-refractivity contribution is 5.81. The molecule has 1 heterocycles. The topological polar surface area (TPSA) is 95.9 Å². The van der Waals surface area contributed by atoms with Crippen molar-refractivity contribution in [1.82, 2.24) is 10.2 Å². The predicted molar refractivity (Wildman–Crippen MR) is 80.4 cm³/mol. The molecule has 1 fully saturated rings. The summed E-state index contributed by atoms with van der Waals surface area (Å²) in [6.07, 6.45) is 1.01. The maximum atomic E-state index is 12.3. The molecule has 0 saturated carbocycles.